The zero-order valence-electron chi connectivity index (χ0n) is 12.0. The summed E-state index contributed by atoms with van der Waals surface area (Å²) in [5, 5.41) is 9.26. The van der Waals surface area contributed by atoms with E-state index in [0.717, 1.165) is 17.1 Å². The van der Waals surface area contributed by atoms with Crippen molar-refractivity contribution in [2.24, 2.45) is 0 Å². The molecule has 1 aromatic carbocycles. The first-order valence-electron chi connectivity index (χ1n) is 6.58. The van der Waals surface area contributed by atoms with Gasteiger partial charge in [0, 0.05) is 18.3 Å². The maximum atomic E-state index is 13.9. The Kier molecular flexibility index (Phi) is 4.35. The highest BCUT2D eigenvalue weighted by molar-refractivity contribution is 5.44. The first-order valence-corrected chi connectivity index (χ1v) is 6.58. The predicted molar refractivity (Wildman–Crippen MR) is 78.1 cm³/mol. The zero-order chi connectivity index (χ0) is 14.7. The Balaban J connectivity index is 2.33. The summed E-state index contributed by atoms with van der Waals surface area (Å²) < 4.78 is 13.9. The Hall–Kier alpha value is -1.94. The molecule has 106 valence electrons. The monoisotopic (exact) mass is 274 g/mol. The summed E-state index contributed by atoms with van der Waals surface area (Å²) in [6.45, 7) is 3.78. The minimum Gasteiger partial charge on any atom is -0.392 e. The molecular weight excluding hydrogens is 255 g/mol. The summed E-state index contributed by atoms with van der Waals surface area (Å²) >= 11 is 0. The molecule has 0 bridgehead atoms. The molecule has 1 heterocycles. The van der Waals surface area contributed by atoms with Crippen LogP contribution in [0, 0.1) is 12.7 Å². The van der Waals surface area contributed by atoms with E-state index < -0.39 is 0 Å². The van der Waals surface area contributed by atoms with E-state index in [9.17, 15) is 9.50 Å². The fourth-order valence-corrected chi connectivity index (χ4v) is 2.21. The number of aliphatic hydroxyl groups is 1. The molecule has 4 heteroatoms. The average Bonchev–Trinajstić information content (AvgIpc) is 2.45. The molecule has 20 heavy (non-hydrogen) atoms. The number of aryl methyl sites for hydroxylation is 1. The van der Waals surface area contributed by atoms with Crippen molar-refractivity contribution in [1.82, 2.24) is 4.98 Å². The van der Waals surface area contributed by atoms with Crippen LogP contribution in [-0.4, -0.2) is 17.1 Å². The number of halogens is 1. The SMILES string of the molecule is Cc1cc(CO)cc(N(C)C(C)c2ccccc2F)n1. The van der Waals surface area contributed by atoms with E-state index in [1.807, 2.05) is 44.0 Å². The lowest BCUT2D eigenvalue weighted by Gasteiger charge is -2.27. The van der Waals surface area contributed by atoms with Crippen molar-refractivity contribution in [3.05, 3.63) is 59.0 Å². The molecule has 0 aliphatic rings. The molecule has 0 spiro atoms. The highest BCUT2D eigenvalue weighted by Gasteiger charge is 2.17. The standard InChI is InChI=1S/C16H19FN2O/c1-11-8-13(10-20)9-16(18-11)19(3)12(2)14-6-4-5-7-15(14)17/h4-9,12,20H,10H2,1-3H3. The molecule has 0 amide bonds. The van der Waals surface area contributed by atoms with Gasteiger partial charge in [-0.25, -0.2) is 9.37 Å². The maximum absolute atomic E-state index is 13.9. The van der Waals surface area contributed by atoms with Crippen molar-refractivity contribution in [2.75, 3.05) is 11.9 Å². The minimum absolute atomic E-state index is 0.0295. The van der Waals surface area contributed by atoms with Crippen LogP contribution in [0.1, 0.15) is 29.8 Å². The molecule has 0 saturated heterocycles. The Morgan fingerprint density at radius 3 is 2.65 bits per heavy atom. The fourth-order valence-electron chi connectivity index (χ4n) is 2.21. The van der Waals surface area contributed by atoms with Crippen LogP contribution in [0.2, 0.25) is 0 Å². The molecule has 2 aromatic rings. The third-order valence-electron chi connectivity index (χ3n) is 3.48. The van der Waals surface area contributed by atoms with Gasteiger partial charge in [-0.1, -0.05) is 18.2 Å². The van der Waals surface area contributed by atoms with Crippen LogP contribution in [0.3, 0.4) is 0 Å². The second-order valence-electron chi connectivity index (χ2n) is 4.94. The summed E-state index contributed by atoms with van der Waals surface area (Å²) in [5.74, 6) is 0.506. The maximum Gasteiger partial charge on any atom is 0.129 e. The third-order valence-corrected chi connectivity index (χ3v) is 3.48. The van der Waals surface area contributed by atoms with Gasteiger partial charge < -0.3 is 10.0 Å². The lowest BCUT2D eigenvalue weighted by atomic mass is 10.1. The van der Waals surface area contributed by atoms with Crippen LogP contribution in [0.15, 0.2) is 36.4 Å². The normalized spacial score (nSPS) is 12.2. The number of rotatable bonds is 4. The van der Waals surface area contributed by atoms with Crippen molar-refractivity contribution in [2.45, 2.75) is 26.5 Å². The zero-order valence-corrected chi connectivity index (χ0v) is 12.0. The molecule has 2 rings (SSSR count). The van der Waals surface area contributed by atoms with Crippen LogP contribution in [0.5, 0.6) is 0 Å². The molecule has 1 unspecified atom stereocenters. The lowest BCUT2D eigenvalue weighted by Crippen LogP contribution is -2.23. The first kappa shape index (κ1) is 14.5. The summed E-state index contributed by atoms with van der Waals surface area (Å²) in [5.41, 5.74) is 2.27. The van der Waals surface area contributed by atoms with E-state index in [0.29, 0.717) is 5.56 Å². The number of hydrogen-bond acceptors (Lipinski definition) is 3. The van der Waals surface area contributed by atoms with E-state index >= 15 is 0 Å². The third kappa shape index (κ3) is 2.96. The molecule has 0 radical (unpaired) electrons. The Morgan fingerprint density at radius 2 is 2.00 bits per heavy atom. The number of anilines is 1. The van der Waals surface area contributed by atoms with Gasteiger partial charge in [-0.05, 0) is 37.6 Å². The highest BCUT2D eigenvalue weighted by Crippen LogP contribution is 2.26. The smallest absolute Gasteiger partial charge is 0.129 e. The number of nitrogens with zero attached hydrogens (tertiary/aromatic N) is 2. The number of aromatic nitrogens is 1. The van der Waals surface area contributed by atoms with Crippen molar-refractivity contribution < 1.29 is 9.50 Å². The van der Waals surface area contributed by atoms with Gasteiger partial charge >= 0.3 is 0 Å². The molecular formula is C16H19FN2O. The molecule has 1 N–H and O–H groups in total. The van der Waals surface area contributed by atoms with Gasteiger partial charge in [-0.15, -0.1) is 0 Å². The largest absolute Gasteiger partial charge is 0.392 e. The van der Waals surface area contributed by atoms with Crippen molar-refractivity contribution in [3.63, 3.8) is 0 Å². The van der Waals surface area contributed by atoms with Gasteiger partial charge in [0.1, 0.15) is 11.6 Å². The first-order chi connectivity index (χ1) is 9.52. The van der Waals surface area contributed by atoms with Gasteiger partial charge in [0.2, 0.25) is 0 Å². The van der Waals surface area contributed by atoms with Gasteiger partial charge in [0.15, 0.2) is 0 Å². The van der Waals surface area contributed by atoms with Crippen molar-refractivity contribution in [1.29, 1.82) is 0 Å². The van der Waals surface area contributed by atoms with E-state index in [2.05, 4.69) is 4.98 Å². The minimum atomic E-state index is -0.220. The summed E-state index contributed by atoms with van der Waals surface area (Å²) in [6, 6.07) is 10.3. The molecule has 0 aliphatic carbocycles. The van der Waals surface area contributed by atoms with Gasteiger partial charge in [-0.3, -0.25) is 0 Å². The second-order valence-corrected chi connectivity index (χ2v) is 4.94. The van der Waals surface area contributed by atoms with Gasteiger partial charge in [-0.2, -0.15) is 0 Å². The number of aliphatic hydroxyl groups excluding tert-OH is 1. The quantitative estimate of drug-likeness (QED) is 0.930. The lowest BCUT2D eigenvalue weighted by molar-refractivity contribution is 0.281. The molecule has 1 atom stereocenters. The topological polar surface area (TPSA) is 36.4 Å². The molecule has 1 aromatic heterocycles. The molecule has 0 aliphatic heterocycles. The van der Waals surface area contributed by atoms with Crippen LogP contribution in [0.25, 0.3) is 0 Å². The number of pyridine rings is 1. The highest BCUT2D eigenvalue weighted by atomic mass is 19.1. The fraction of sp³-hybridized carbons (Fsp3) is 0.312. The molecule has 3 nitrogen and oxygen atoms in total. The van der Waals surface area contributed by atoms with E-state index in [-0.39, 0.29) is 18.5 Å². The number of hydrogen-bond donors (Lipinski definition) is 1. The van der Waals surface area contributed by atoms with Gasteiger partial charge in [0.25, 0.3) is 0 Å². The predicted octanol–water partition coefficient (Wildman–Crippen LogP) is 3.22. The second kappa shape index (κ2) is 6.01. The van der Waals surface area contributed by atoms with Gasteiger partial charge in [0.05, 0.1) is 12.6 Å². The van der Waals surface area contributed by atoms with Crippen molar-refractivity contribution in [3.8, 4) is 0 Å². The summed E-state index contributed by atoms with van der Waals surface area (Å²) in [7, 11) is 1.88. The van der Waals surface area contributed by atoms with Crippen LogP contribution in [-0.2, 0) is 6.61 Å². The summed E-state index contributed by atoms with van der Waals surface area (Å²) in [6.07, 6.45) is 0. The van der Waals surface area contributed by atoms with E-state index in [1.165, 1.54) is 6.07 Å². The van der Waals surface area contributed by atoms with E-state index in [4.69, 9.17) is 0 Å². The Bertz CT molecular complexity index is 601. The molecule has 0 fully saturated rings. The van der Waals surface area contributed by atoms with Crippen molar-refractivity contribution >= 4 is 5.82 Å². The molecule has 0 saturated carbocycles. The Morgan fingerprint density at radius 1 is 1.30 bits per heavy atom. The van der Waals surface area contributed by atoms with E-state index in [1.54, 1.807) is 12.1 Å². The van der Waals surface area contributed by atoms with Crippen LogP contribution in [0.4, 0.5) is 10.2 Å². The Labute approximate surface area is 118 Å². The average molecular weight is 274 g/mol. The number of benzene rings is 1. The summed E-state index contributed by atoms with van der Waals surface area (Å²) in [4.78, 5) is 6.36. The van der Waals surface area contributed by atoms with Crippen LogP contribution < -0.4 is 4.90 Å². The van der Waals surface area contributed by atoms with Crippen LogP contribution >= 0.6 is 0 Å².